The van der Waals surface area contributed by atoms with Crippen LogP contribution in [0.1, 0.15) is 39.0 Å². The highest BCUT2D eigenvalue weighted by Gasteiger charge is 2.22. The van der Waals surface area contributed by atoms with Crippen molar-refractivity contribution in [3.05, 3.63) is 0 Å². The molecule has 1 unspecified atom stereocenters. The van der Waals surface area contributed by atoms with Crippen molar-refractivity contribution in [3.63, 3.8) is 0 Å². The zero-order chi connectivity index (χ0) is 7.40. The zero-order valence-electron chi connectivity index (χ0n) is 6.64. The van der Waals surface area contributed by atoms with Gasteiger partial charge >= 0.3 is 0 Å². The normalized spacial score (nSPS) is 33.2. The maximum Gasteiger partial charge on any atom is 0.0658 e. The van der Waals surface area contributed by atoms with Gasteiger partial charge in [0.25, 0.3) is 0 Å². The van der Waals surface area contributed by atoms with Crippen LogP contribution in [0.5, 0.6) is 0 Å². The van der Waals surface area contributed by atoms with Crippen molar-refractivity contribution >= 4 is 0 Å². The van der Waals surface area contributed by atoms with Crippen LogP contribution < -0.4 is 0 Å². The molecule has 1 aliphatic rings. The Labute approximate surface area is 63.0 Å². The van der Waals surface area contributed by atoms with E-state index in [-0.39, 0.29) is 0 Å². The van der Waals surface area contributed by atoms with Crippen LogP contribution in [0.3, 0.4) is 0 Å². The number of hydrogen-bond donors (Lipinski definition) is 0. The van der Waals surface area contributed by atoms with E-state index in [1.165, 1.54) is 25.7 Å². The average molecular weight is 137 g/mol. The number of hydrogen-bond acceptors (Lipinski definition) is 1. The molecule has 0 N–H and O–H groups in total. The van der Waals surface area contributed by atoms with Gasteiger partial charge in [-0.25, -0.2) is 0 Å². The first-order valence-electron chi connectivity index (χ1n) is 4.28. The summed E-state index contributed by atoms with van der Waals surface area (Å²) in [7, 11) is 0. The van der Waals surface area contributed by atoms with Gasteiger partial charge in [-0.05, 0) is 18.8 Å². The lowest BCUT2D eigenvalue weighted by atomic mass is 9.79. The van der Waals surface area contributed by atoms with Crippen molar-refractivity contribution in [1.82, 2.24) is 0 Å². The van der Waals surface area contributed by atoms with E-state index in [0.29, 0.717) is 11.8 Å². The van der Waals surface area contributed by atoms with Crippen LogP contribution in [-0.2, 0) is 0 Å². The summed E-state index contributed by atoms with van der Waals surface area (Å²) in [4.78, 5) is 0. The first kappa shape index (κ1) is 7.60. The van der Waals surface area contributed by atoms with Crippen LogP contribution in [0, 0.1) is 23.2 Å². The lowest BCUT2D eigenvalue weighted by Crippen LogP contribution is -2.16. The summed E-state index contributed by atoms with van der Waals surface area (Å²) in [5, 5.41) is 8.74. The second-order valence-corrected chi connectivity index (χ2v) is 3.19. The van der Waals surface area contributed by atoms with Crippen molar-refractivity contribution in [1.29, 1.82) is 5.26 Å². The van der Waals surface area contributed by atoms with E-state index >= 15 is 0 Å². The second kappa shape index (κ2) is 3.61. The summed E-state index contributed by atoms with van der Waals surface area (Å²) in [6.45, 7) is 2.19. The van der Waals surface area contributed by atoms with Gasteiger partial charge in [-0.3, -0.25) is 0 Å². The summed E-state index contributed by atoms with van der Waals surface area (Å²) >= 11 is 0. The molecule has 1 heteroatoms. The van der Waals surface area contributed by atoms with Crippen molar-refractivity contribution in [2.75, 3.05) is 0 Å². The molecule has 0 radical (unpaired) electrons. The number of rotatable bonds is 1. The topological polar surface area (TPSA) is 23.8 Å². The van der Waals surface area contributed by atoms with Gasteiger partial charge in [0.1, 0.15) is 0 Å². The minimum atomic E-state index is 0.374. The standard InChI is InChI=1S/C9H15N/c1-2-8-5-3-4-6-9(8)7-10/h8-9H,2-6H2,1H3/t8-,9?/m1/s1. The molecule has 0 amide bonds. The van der Waals surface area contributed by atoms with Gasteiger partial charge in [0.2, 0.25) is 0 Å². The molecule has 1 aliphatic carbocycles. The molecule has 10 heavy (non-hydrogen) atoms. The Kier molecular flexibility index (Phi) is 2.74. The van der Waals surface area contributed by atoms with Crippen LogP contribution in [0.2, 0.25) is 0 Å². The second-order valence-electron chi connectivity index (χ2n) is 3.19. The molecule has 0 heterocycles. The maximum atomic E-state index is 8.74. The van der Waals surface area contributed by atoms with Crippen molar-refractivity contribution in [3.8, 4) is 6.07 Å². The maximum absolute atomic E-state index is 8.74. The molecule has 1 fully saturated rings. The molecular formula is C9H15N. The molecule has 0 aliphatic heterocycles. The Morgan fingerprint density at radius 3 is 2.60 bits per heavy atom. The Morgan fingerprint density at radius 2 is 2.10 bits per heavy atom. The summed E-state index contributed by atoms with van der Waals surface area (Å²) in [5.41, 5.74) is 0. The zero-order valence-corrected chi connectivity index (χ0v) is 6.64. The fraction of sp³-hybridized carbons (Fsp3) is 0.889. The van der Waals surface area contributed by atoms with Gasteiger partial charge in [0, 0.05) is 5.92 Å². The van der Waals surface area contributed by atoms with Gasteiger partial charge in [-0.2, -0.15) is 5.26 Å². The van der Waals surface area contributed by atoms with Gasteiger partial charge in [0.05, 0.1) is 6.07 Å². The van der Waals surface area contributed by atoms with Gasteiger partial charge in [0.15, 0.2) is 0 Å². The molecule has 0 bridgehead atoms. The molecule has 1 nitrogen and oxygen atoms in total. The smallest absolute Gasteiger partial charge is 0.0658 e. The van der Waals surface area contributed by atoms with Gasteiger partial charge < -0.3 is 0 Å². The molecule has 0 aromatic heterocycles. The molecule has 56 valence electrons. The number of nitrogens with zero attached hydrogens (tertiary/aromatic N) is 1. The van der Waals surface area contributed by atoms with E-state index in [1.807, 2.05) is 0 Å². The summed E-state index contributed by atoms with van der Waals surface area (Å²) in [5.74, 6) is 1.08. The third-order valence-corrected chi connectivity index (χ3v) is 2.60. The Balaban J connectivity index is 2.44. The largest absolute Gasteiger partial charge is 0.198 e. The van der Waals surface area contributed by atoms with Crippen molar-refractivity contribution in [2.45, 2.75) is 39.0 Å². The molecule has 1 rings (SSSR count). The van der Waals surface area contributed by atoms with Crippen molar-refractivity contribution in [2.24, 2.45) is 11.8 Å². The van der Waals surface area contributed by atoms with Crippen LogP contribution in [-0.4, -0.2) is 0 Å². The highest BCUT2D eigenvalue weighted by molar-refractivity contribution is 4.89. The quantitative estimate of drug-likeness (QED) is 0.545. The van der Waals surface area contributed by atoms with Gasteiger partial charge in [-0.15, -0.1) is 0 Å². The summed E-state index contributed by atoms with van der Waals surface area (Å²) < 4.78 is 0. The van der Waals surface area contributed by atoms with E-state index in [0.717, 1.165) is 6.42 Å². The van der Waals surface area contributed by atoms with Crippen LogP contribution in [0.4, 0.5) is 0 Å². The highest BCUT2D eigenvalue weighted by Crippen LogP contribution is 2.31. The predicted molar refractivity (Wildman–Crippen MR) is 41.4 cm³/mol. The molecule has 0 aromatic carbocycles. The highest BCUT2D eigenvalue weighted by atomic mass is 14.3. The lowest BCUT2D eigenvalue weighted by molar-refractivity contribution is 0.283. The lowest BCUT2D eigenvalue weighted by Gasteiger charge is -2.24. The van der Waals surface area contributed by atoms with Gasteiger partial charge in [-0.1, -0.05) is 26.2 Å². The average Bonchev–Trinajstić information content (AvgIpc) is 2.04. The van der Waals surface area contributed by atoms with E-state index in [2.05, 4.69) is 13.0 Å². The van der Waals surface area contributed by atoms with Crippen molar-refractivity contribution < 1.29 is 0 Å². The molecule has 1 saturated carbocycles. The Bertz CT molecular complexity index is 134. The Morgan fingerprint density at radius 1 is 1.40 bits per heavy atom. The minimum Gasteiger partial charge on any atom is -0.198 e. The predicted octanol–water partition coefficient (Wildman–Crippen LogP) is 2.73. The number of nitriles is 1. The molecular weight excluding hydrogens is 122 g/mol. The summed E-state index contributed by atoms with van der Waals surface area (Å²) in [6, 6.07) is 2.40. The van der Waals surface area contributed by atoms with E-state index in [4.69, 9.17) is 5.26 Å². The fourth-order valence-corrected chi connectivity index (χ4v) is 1.87. The first-order chi connectivity index (χ1) is 4.88. The Hall–Kier alpha value is -0.510. The van der Waals surface area contributed by atoms with Crippen LogP contribution in [0.15, 0.2) is 0 Å². The third-order valence-electron chi connectivity index (χ3n) is 2.60. The SMILES string of the molecule is CC[C@@H]1CCCCC1C#N. The first-order valence-corrected chi connectivity index (χ1v) is 4.28. The third kappa shape index (κ3) is 1.50. The molecule has 2 atom stereocenters. The van der Waals surface area contributed by atoms with E-state index in [9.17, 15) is 0 Å². The molecule has 0 saturated heterocycles. The van der Waals surface area contributed by atoms with E-state index < -0.39 is 0 Å². The molecule has 0 aromatic rings. The monoisotopic (exact) mass is 137 g/mol. The van der Waals surface area contributed by atoms with Crippen LogP contribution in [0.25, 0.3) is 0 Å². The summed E-state index contributed by atoms with van der Waals surface area (Å²) in [6.07, 6.45) is 6.24. The fourth-order valence-electron chi connectivity index (χ4n) is 1.87. The minimum absolute atomic E-state index is 0.374. The van der Waals surface area contributed by atoms with E-state index in [1.54, 1.807) is 0 Å². The molecule has 0 spiro atoms. The van der Waals surface area contributed by atoms with Crippen LogP contribution >= 0.6 is 0 Å².